The molecule has 130 valence electrons. The van der Waals surface area contributed by atoms with Gasteiger partial charge in [-0.2, -0.15) is 0 Å². The zero-order valence-electron chi connectivity index (χ0n) is 13.6. The quantitative estimate of drug-likeness (QED) is 0.638. The second-order valence-electron chi connectivity index (χ2n) is 5.32. The van der Waals surface area contributed by atoms with Crippen molar-refractivity contribution in [1.82, 2.24) is 0 Å². The van der Waals surface area contributed by atoms with Crippen LogP contribution in [-0.2, 0) is 4.79 Å². The lowest BCUT2D eigenvalue weighted by Crippen LogP contribution is -2.16. The highest BCUT2D eigenvalue weighted by atomic mass is 32.1. The molecule has 0 radical (unpaired) electrons. The van der Waals surface area contributed by atoms with E-state index < -0.39 is 11.7 Å². The summed E-state index contributed by atoms with van der Waals surface area (Å²) in [6.45, 7) is 0. The number of para-hydroxylation sites is 2. The lowest BCUT2D eigenvalue weighted by molar-refractivity contribution is -0.111. The highest BCUT2D eigenvalue weighted by molar-refractivity contribution is 7.10. The minimum atomic E-state index is -0.606. The van der Waals surface area contributed by atoms with Gasteiger partial charge in [0.25, 0.3) is 5.91 Å². The van der Waals surface area contributed by atoms with Crippen LogP contribution in [0.5, 0.6) is 0 Å². The van der Waals surface area contributed by atoms with E-state index in [-0.39, 0.29) is 11.5 Å². The van der Waals surface area contributed by atoms with Gasteiger partial charge in [-0.3, -0.25) is 9.59 Å². The molecule has 0 atom stereocenters. The first-order chi connectivity index (χ1) is 12.6. The van der Waals surface area contributed by atoms with Gasteiger partial charge < -0.3 is 10.6 Å². The fraction of sp³-hybridized carbons (Fsp3) is 0. The van der Waals surface area contributed by atoms with E-state index in [1.807, 2.05) is 17.5 Å². The molecule has 0 saturated carbocycles. The zero-order chi connectivity index (χ0) is 18.4. The van der Waals surface area contributed by atoms with E-state index in [1.54, 1.807) is 36.4 Å². The molecule has 0 bridgehead atoms. The summed E-state index contributed by atoms with van der Waals surface area (Å²) in [5.74, 6) is -1.52. The number of anilines is 2. The Hall–Kier alpha value is -3.25. The van der Waals surface area contributed by atoms with Crippen LogP contribution in [0.1, 0.15) is 15.2 Å². The number of hydrogen-bond donors (Lipinski definition) is 2. The molecule has 3 rings (SSSR count). The number of carbonyl (C=O) groups excluding carboxylic acids is 2. The molecular formula is C20H15FN2O2S. The molecule has 2 N–H and O–H groups in total. The lowest BCUT2D eigenvalue weighted by Gasteiger charge is -2.11. The molecule has 1 aromatic heterocycles. The summed E-state index contributed by atoms with van der Waals surface area (Å²) in [4.78, 5) is 25.3. The van der Waals surface area contributed by atoms with Crippen LogP contribution in [0, 0.1) is 5.82 Å². The SMILES string of the molecule is O=C(/C=C/c1cccs1)Nc1ccccc1NC(=O)c1ccccc1F. The third kappa shape index (κ3) is 4.43. The second-order valence-corrected chi connectivity index (χ2v) is 6.30. The van der Waals surface area contributed by atoms with Crippen molar-refractivity contribution in [3.63, 3.8) is 0 Å². The minimum Gasteiger partial charge on any atom is -0.321 e. The van der Waals surface area contributed by atoms with Gasteiger partial charge in [-0.25, -0.2) is 4.39 Å². The maximum atomic E-state index is 13.7. The molecule has 0 aliphatic rings. The van der Waals surface area contributed by atoms with Crippen LogP contribution in [-0.4, -0.2) is 11.8 Å². The zero-order valence-corrected chi connectivity index (χ0v) is 14.4. The number of benzene rings is 2. The van der Waals surface area contributed by atoms with Crippen LogP contribution in [0.15, 0.2) is 72.1 Å². The van der Waals surface area contributed by atoms with Crippen molar-refractivity contribution in [3.8, 4) is 0 Å². The van der Waals surface area contributed by atoms with Crippen LogP contribution in [0.25, 0.3) is 6.08 Å². The minimum absolute atomic E-state index is 0.0637. The number of halogens is 1. The van der Waals surface area contributed by atoms with Crippen molar-refractivity contribution in [2.75, 3.05) is 10.6 Å². The van der Waals surface area contributed by atoms with Crippen molar-refractivity contribution in [2.24, 2.45) is 0 Å². The Bertz CT molecular complexity index is 952. The van der Waals surface area contributed by atoms with Crippen LogP contribution >= 0.6 is 11.3 Å². The number of thiophene rings is 1. The largest absolute Gasteiger partial charge is 0.321 e. The Morgan fingerprint density at radius 2 is 1.58 bits per heavy atom. The van der Waals surface area contributed by atoms with Crippen LogP contribution in [0.4, 0.5) is 15.8 Å². The predicted molar refractivity (Wildman–Crippen MR) is 103 cm³/mol. The van der Waals surface area contributed by atoms with E-state index in [1.165, 1.54) is 35.6 Å². The predicted octanol–water partition coefficient (Wildman–Crippen LogP) is 4.79. The van der Waals surface area contributed by atoms with Gasteiger partial charge in [0, 0.05) is 11.0 Å². The molecule has 2 amide bonds. The summed E-state index contributed by atoms with van der Waals surface area (Å²) in [5, 5.41) is 7.26. The standard InChI is InChI=1S/C20H15FN2O2S/c21-16-8-2-1-7-15(16)20(25)23-18-10-4-3-9-17(18)22-19(24)12-11-14-6-5-13-26-14/h1-13H,(H,22,24)(H,23,25)/b12-11+. The summed E-state index contributed by atoms with van der Waals surface area (Å²) in [6.07, 6.45) is 3.13. The van der Waals surface area contributed by atoms with E-state index in [9.17, 15) is 14.0 Å². The normalized spacial score (nSPS) is 10.7. The van der Waals surface area contributed by atoms with Gasteiger partial charge in [0.05, 0.1) is 16.9 Å². The molecular weight excluding hydrogens is 351 g/mol. The summed E-state index contributed by atoms with van der Waals surface area (Å²) < 4.78 is 13.7. The first-order valence-corrected chi connectivity index (χ1v) is 8.69. The average molecular weight is 366 g/mol. The molecule has 4 nitrogen and oxygen atoms in total. The maximum absolute atomic E-state index is 13.7. The smallest absolute Gasteiger partial charge is 0.258 e. The fourth-order valence-electron chi connectivity index (χ4n) is 2.25. The molecule has 0 aliphatic heterocycles. The fourth-order valence-corrected chi connectivity index (χ4v) is 2.87. The Morgan fingerprint density at radius 1 is 0.885 bits per heavy atom. The maximum Gasteiger partial charge on any atom is 0.258 e. The summed E-state index contributed by atoms with van der Waals surface area (Å²) in [5.41, 5.74) is 0.753. The third-order valence-electron chi connectivity index (χ3n) is 3.49. The van der Waals surface area contributed by atoms with Gasteiger partial charge in [-0.05, 0) is 41.8 Å². The summed E-state index contributed by atoms with van der Waals surface area (Å²) >= 11 is 1.52. The topological polar surface area (TPSA) is 58.2 Å². The Morgan fingerprint density at radius 3 is 2.27 bits per heavy atom. The highest BCUT2D eigenvalue weighted by Crippen LogP contribution is 2.22. The van der Waals surface area contributed by atoms with Gasteiger partial charge in [-0.1, -0.05) is 30.3 Å². The van der Waals surface area contributed by atoms with Crippen LogP contribution in [0.2, 0.25) is 0 Å². The second kappa shape index (κ2) is 8.22. The molecule has 0 spiro atoms. The van der Waals surface area contributed by atoms with Gasteiger partial charge in [0.2, 0.25) is 5.91 Å². The first kappa shape index (κ1) is 17.6. The molecule has 26 heavy (non-hydrogen) atoms. The Kier molecular flexibility index (Phi) is 5.56. The molecule has 0 unspecified atom stereocenters. The number of amides is 2. The number of nitrogens with one attached hydrogen (secondary N) is 2. The lowest BCUT2D eigenvalue weighted by atomic mass is 10.2. The number of rotatable bonds is 5. The van der Waals surface area contributed by atoms with E-state index >= 15 is 0 Å². The molecule has 1 heterocycles. The van der Waals surface area contributed by atoms with Gasteiger partial charge in [0.1, 0.15) is 5.82 Å². The molecule has 2 aromatic carbocycles. The van der Waals surface area contributed by atoms with E-state index in [4.69, 9.17) is 0 Å². The van der Waals surface area contributed by atoms with Crippen molar-refractivity contribution in [1.29, 1.82) is 0 Å². The molecule has 0 saturated heterocycles. The molecule has 0 aliphatic carbocycles. The van der Waals surface area contributed by atoms with Crippen LogP contribution < -0.4 is 10.6 Å². The highest BCUT2D eigenvalue weighted by Gasteiger charge is 2.13. The number of hydrogen-bond acceptors (Lipinski definition) is 3. The average Bonchev–Trinajstić information content (AvgIpc) is 3.15. The van der Waals surface area contributed by atoms with Crippen molar-refractivity contribution < 1.29 is 14.0 Å². The van der Waals surface area contributed by atoms with Crippen molar-refractivity contribution in [3.05, 3.63) is 88.4 Å². The Labute approximate surface area is 154 Å². The van der Waals surface area contributed by atoms with Gasteiger partial charge in [0.15, 0.2) is 0 Å². The van der Waals surface area contributed by atoms with E-state index in [0.29, 0.717) is 11.4 Å². The van der Waals surface area contributed by atoms with Gasteiger partial charge >= 0.3 is 0 Å². The van der Waals surface area contributed by atoms with Crippen molar-refractivity contribution >= 4 is 40.6 Å². The first-order valence-electron chi connectivity index (χ1n) is 7.81. The molecule has 6 heteroatoms. The monoisotopic (exact) mass is 366 g/mol. The Balaban J connectivity index is 1.73. The van der Waals surface area contributed by atoms with E-state index in [0.717, 1.165) is 4.88 Å². The summed E-state index contributed by atoms with van der Waals surface area (Å²) in [7, 11) is 0. The van der Waals surface area contributed by atoms with Gasteiger partial charge in [-0.15, -0.1) is 11.3 Å². The number of carbonyl (C=O) groups is 2. The van der Waals surface area contributed by atoms with E-state index in [2.05, 4.69) is 10.6 Å². The van der Waals surface area contributed by atoms with Crippen LogP contribution in [0.3, 0.4) is 0 Å². The van der Waals surface area contributed by atoms with Crippen molar-refractivity contribution in [2.45, 2.75) is 0 Å². The summed E-state index contributed by atoms with van der Waals surface area (Å²) in [6, 6.07) is 16.3. The molecule has 3 aromatic rings. The third-order valence-corrected chi connectivity index (χ3v) is 4.33. The molecule has 0 fully saturated rings.